The highest BCUT2D eigenvalue weighted by Gasteiger charge is 2.43. The lowest BCUT2D eigenvalue weighted by molar-refractivity contribution is -0.156. The SMILES string of the molecule is C=C(NC1Cc2ccc(F)c(C(=O)O)c2OB1OC)C(NC(=O)N1CCN(C2CCN(C(=O)Cc3cccc(O)c3)CC2)C(=O)C1=O)c1cc(F)c(O)c(O)c1Cl.CCC(C)C. The van der Waals surface area contributed by atoms with Crippen LogP contribution in [-0.2, 0) is 31.9 Å². The Labute approximate surface area is 362 Å². The Kier molecular flexibility index (Phi) is 15.3. The number of piperazine rings is 1. The molecule has 16 nitrogen and oxygen atoms in total. The molecule has 2 saturated heterocycles. The number of rotatable bonds is 11. The fourth-order valence-electron chi connectivity index (χ4n) is 7.24. The van der Waals surface area contributed by atoms with Crippen LogP contribution < -0.4 is 15.3 Å². The lowest BCUT2D eigenvalue weighted by Crippen LogP contribution is -2.62. The number of nitrogens with one attached hydrogen (secondary N) is 2. The molecular weight excluding hydrogens is 835 g/mol. The number of urea groups is 1. The first-order valence-corrected chi connectivity index (χ1v) is 20.3. The van der Waals surface area contributed by atoms with Crippen LogP contribution in [0, 0.1) is 17.6 Å². The molecule has 3 aliphatic heterocycles. The summed E-state index contributed by atoms with van der Waals surface area (Å²) >= 11 is 6.33. The zero-order valence-electron chi connectivity index (χ0n) is 34.6. The minimum absolute atomic E-state index is 0.0311. The van der Waals surface area contributed by atoms with Crippen molar-refractivity contribution in [1.29, 1.82) is 0 Å². The predicted octanol–water partition coefficient (Wildman–Crippen LogP) is 4.92. The van der Waals surface area contributed by atoms with Crippen molar-refractivity contribution >= 4 is 48.4 Å². The third-order valence-corrected chi connectivity index (χ3v) is 11.4. The van der Waals surface area contributed by atoms with Gasteiger partial charge in [0.05, 0.1) is 23.4 Å². The Balaban J connectivity index is 0.00000137. The molecule has 6 rings (SSSR count). The minimum Gasteiger partial charge on any atom is -0.534 e. The zero-order chi connectivity index (χ0) is 45.6. The zero-order valence-corrected chi connectivity index (χ0v) is 35.4. The fourth-order valence-corrected chi connectivity index (χ4v) is 7.49. The summed E-state index contributed by atoms with van der Waals surface area (Å²) in [4.78, 5) is 69.0. The van der Waals surface area contributed by atoms with Crippen molar-refractivity contribution in [2.24, 2.45) is 5.92 Å². The Morgan fingerprint density at radius 3 is 2.29 bits per heavy atom. The van der Waals surface area contributed by atoms with E-state index in [9.17, 15) is 53.2 Å². The summed E-state index contributed by atoms with van der Waals surface area (Å²) in [7, 11) is -0.0258. The number of phenols is 3. The minimum atomic E-state index is -1.57. The summed E-state index contributed by atoms with van der Waals surface area (Å²) in [5, 5.41) is 44.5. The van der Waals surface area contributed by atoms with Gasteiger partial charge in [0.1, 0.15) is 22.9 Å². The van der Waals surface area contributed by atoms with Gasteiger partial charge in [-0.2, -0.15) is 0 Å². The normalized spacial score (nSPS) is 17.1. The second kappa shape index (κ2) is 20.2. The van der Waals surface area contributed by atoms with Crippen molar-refractivity contribution in [2.45, 2.75) is 70.9 Å². The first kappa shape index (κ1) is 47.0. The number of aromatic carboxylic acids is 1. The number of hydrogen-bond acceptors (Lipinski definition) is 11. The number of hydrogen-bond donors (Lipinski definition) is 6. The number of halogens is 3. The van der Waals surface area contributed by atoms with Gasteiger partial charge in [-0.1, -0.05) is 63.6 Å². The van der Waals surface area contributed by atoms with Crippen LogP contribution in [0.15, 0.2) is 54.7 Å². The van der Waals surface area contributed by atoms with Gasteiger partial charge in [0.2, 0.25) is 5.91 Å². The number of carbonyl (C=O) groups excluding carboxylic acids is 4. The third kappa shape index (κ3) is 10.5. The second-order valence-electron chi connectivity index (χ2n) is 15.5. The molecular formula is C42H49BClF2N5O11. The molecule has 3 heterocycles. The molecule has 0 radical (unpaired) electrons. The number of carboxylic acid groups (broad SMARTS) is 1. The average molecular weight is 884 g/mol. The Morgan fingerprint density at radius 1 is 1.00 bits per heavy atom. The lowest BCUT2D eigenvalue weighted by Gasteiger charge is -2.41. The van der Waals surface area contributed by atoms with E-state index in [2.05, 4.69) is 38.0 Å². The van der Waals surface area contributed by atoms with Crippen LogP contribution in [-0.4, -0.2) is 117 Å². The number of nitrogens with zero attached hydrogens (tertiary/aromatic N) is 3. The van der Waals surface area contributed by atoms with Crippen LogP contribution >= 0.6 is 11.6 Å². The number of amides is 5. The Morgan fingerprint density at radius 2 is 1.68 bits per heavy atom. The molecule has 332 valence electrons. The van der Waals surface area contributed by atoms with Gasteiger partial charge < -0.3 is 50.2 Å². The van der Waals surface area contributed by atoms with E-state index in [1.807, 2.05) is 0 Å². The quantitative estimate of drug-likeness (QED) is 0.0860. The highest BCUT2D eigenvalue weighted by atomic mass is 35.5. The summed E-state index contributed by atoms with van der Waals surface area (Å²) < 4.78 is 40.4. The number of aromatic hydroxyl groups is 3. The van der Waals surface area contributed by atoms with Gasteiger partial charge in [-0.25, -0.2) is 18.4 Å². The molecule has 6 N–H and O–H groups in total. The molecule has 3 aromatic carbocycles. The van der Waals surface area contributed by atoms with Crippen molar-refractivity contribution in [3.8, 4) is 23.0 Å². The van der Waals surface area contributed by atoms with Crippen LogP contribution in [0.1, 0.15) is 73.1 Å². The number of benzene rings is 3. The topological polar surface area (TPSA) is 219 Å². The molecule has 2 atom stereocenters. The molecule has 0 spiro atoms. The maximum Gasteiger partial charge on any atom is 0.549 e. The lowest BCUT2D eigenvalue weighted by atomic mass is 9.71. The van der Waals surface area contributed by atoms with E-state index in [0.29, 0.717) is 36.4 Å². The second-order valence-corrected chi connectivity index (χ2v) is 15.9. The van der Waals surface area contributed by atoms with Gasteiger partial charge >= 0.3 is 30.9 Å². The first-order valence-electron chi connectivity index (χ1n) is 19.9. The van der Waals surface area contributed by atoms with Gasteiger partial charge in [0.25, 0.3) is 0 Å². The van der Waals surface area contributed by atoms with Crippen LogP contribution in [0.25, 0.3) is 0 Å². The highest BCUT2D eigenvalue weighted by Crippen LogP contribution is 2.42. The van der Waals surface area contributed by atoms with Gasteiger partial charge in [-0.15, -0.1) is 0 Å². The highest BCUT2D eigenvalue weighted by molar-refractivity contribution is 6.48. The number of carbonyl (C=O) groups is 5. The molecule has 0 bridgehead atoms. The molecule has 3 aromatic rings. The van der Waals surface area contributed by atoms with Crippen LogP contribution in [0.2, 0.25) is 5.02 Å². The third-order valence-electron chi connectivity index (χ3n) is 11.0. The Hall–Kier alpha value is -6.08. The molecule has 2 fully saturated rings. The Bertz CT molecular complexity index is 2220. The van der Waals surface area contributed by atoms with Gasteiger partial charge in [0.15, 0.2) is 17.3 Å². The van der Waals surface area contributed by atoms with Gasteiger partial charge in [-0.05, 0) is 60.6 Å². The van der Waals surface area contributed by atoms with Crippen molar-refractivity contribution in [3.63, 3.8) is 0 Å². The maximum atomic E-state index is 14.8. The standard InChI is InChI=1S/C37H37BClF2N5O11.C5H12/c1-18(42-26-16-20-6-7-24(40)28(36(53)54)33(20)57-38(26)56-2)30(23-17-25(41)31(49)32(50)29(23)39)43-37(55)46-13-12-45(34(51)35(46)52)21-8-10-44(11-9-21)27(48)15-19-4-3-5-22(47)14-19;1-4-5(2)3/h3-7,14,17,21,26,30,42,47,49-50H,1,8-13,15-16H2,2H3,(H,43,55)(H,53,54);5H,4H2,1-3H3. The first-order chi connectivity index (χ1) is 29.4. The fraction of sp³-hybridized carbons (Fsp3) is 0.405. The van der Waals surface area contributed by atoms with Crippen molar-refractivity contribution in [1.82, 2.24) is 25.3 Å². The van der Waals surface area contributed by atoms with Gasteiger partial charge in [0, 0.05) is 50.6 Å². The maximum absolute atomic E-state index is 14.8. The smallest absolute Gasteiger partial charge is 0.534 e. The molecule has 0 aromatic heterocycles. The van der Waals surface area contributed by atoms with Crippen LogP contribution in [0.5, 0.6) is 23.0 Å². The number of fused-ring (bicyclic) bond motifs is 1. The summed E-state index contributed by atoms with van der Waals surface area (Å²) in [6.45, 7) is 10.9. The summed E-state index contributed by atoms with van der Waals surface area (Å²) in [6, 6.07) is 6.30. The van der Waals surface area contributed by atoms with E-state index in [1.165, 1.54) is 36.6 Å². The van der Waals surface area contributed by atoms with E-state index in [0.717, 1.165) is 18.1 Å². The van der Waals surface area contributed by atoms with E-state index in [-0.39, 0.29) is 60.2 Å². The molecule has 62 heavy (non-hydrogen) atoms. The number of carboxylic acids is 1. The molecule has 20 heteroatoms. The van der Waals surface area contributed by atoms with Crippen molar-refractivity contribution < 1.29 is 62.5 Å². The molecule has 2 unspecified atom stereocenters. The van der Waals surface area contributed by atoms with Crippen molar-refractivity contribution in [3.05, 3.63) is 93.7 Å². The largest absolute Gasteiger partial charge is 0.549 e. The number of piperidine rings is 1. The average Bonchev–Trinajstić information content (AvgIpc) is 3.24. The number of phenolic OH excluding ortho intramolecular Hbond substituents is 3. The van der Waals surface area contributed by atoms with E-state index >= 15 is 0 Å². The molecule has 0 aliphatic carbocycles. The van der Waals surface area contributed by atoms with E-state index in [4.69, 9.17) is 20.9 Å². The van der Waals surface area contributed by atoms with E-state index in [1.54, 1.807) is 17.0 Å². The monoisotopic (exact) mass is 883 g/mol. The van der Waals surface area contributed by atoms with Gasteiger partial charge in [-0.3, -0.25) is 19.3 Å². The number of imide groups is 1. The summed E-state index contributed by atoms with van der Waals surface area (Å²) in [5.41, 5.74) is -0.251. The number of likely N-dealkylation sites (tertiary alicyclic amines) is 1. The molecule has 5 amide bonds. The van der Waals surface area contributed by atoms with Crippen LogP contribution in [0.3, 0.4) is 0 Å². The van der Waals surface area contributed by atoms with E-state index < -0.39 is 82.7 Å². The summed E-state index contributed by atoms with van der Waals surface area (Å²) in [6.07, 6.45) is 2.11. The summed E-state index contributed by atoms with van der Waals surface area (Å²) in [5.74, 6) is -8.68. The predicted molar refractivity (Wildman–Crippen MR) is 222 cm³/mol. The molecule has 0 saturated carbocycles. The van der Waals surface area contributed by atoms with Crippen LogP contribution in [0.4, 0.5) is 13.6 Å². The molecule has 3 aliphatic rings. The van der Waals surface area contributed by atoms with Crippen molar-refractivity contribution in [2.75, 3.05) is 33.3 Å².